The predicted octanol–water partition coefficient (Wildman–Crippen LogP) is 4.50. The van der Waals surface area contributed by atoms with Gasteiger partial charge in [0.05, 0.1) is 17.2 Å². The molecule has 0 amide bonds. The fourth-order valence-electron chi connectivity index (χ4n) is 1.94. The van der Waals surface area contributed by atoms with Crippen LogP contribution in [0.4, 0.5) is 4.39 Å². The molecule has 0 saturated carbocycles. The molecule has 0 aromatic heterocycles. The number of carboxylic acid groups (broad SMARTS) is 1. The van der Waals surface area contributed by atoms with Gasteiger partial charge in [0.1, 0.15) is 11.6 Å². The van der Waals surface area contributed by atoms with Crippen LogP contribution in [0.2, 0.25) is 5.02 Å². The molecule has 0 spiro atoms. The van der Waals surface area contributed by atoms with Crippen LogP contribution in [0.1, 0.15) is 18.1 Å². The summed E-state index contributed by atoms with van der Waals surface area (Å²) in [4.78, 5) is 11.4. The molecule has 114 valence electrons. The van der Waals surface area contributed by atoms with E-state index >= 15 is 0 Å². The molecule has 1 N–H and O–H groups in total. The number of hydrogen-bond donors (Lipinski definition) is 1. The Balaban J connectivity index is 2.40. The zero-order chi connectivity index (χ0) is 16.1. The Bertz CT molecular complexity index is 708. The summed E-state index contributed by atoms with van der Waals surface area (Å²) in [5.74, 6) is -0.978. The lowest BCUT2D eigenvalue weighted by Crippen LogP contribution is -2.00. The number of benzene rings is 2. The molecule has 2 rings (SSSR count). The second-order valence-electron chi connectivity index (χ2n) is 4.49. The van der Waals surface area contributed by atoms with Crippen molar-refractivity contribution in [2.24, 2.45) is 0 Å². The summed E-state index contributed by atoms with van der Waals surface area (Å²) in [6, 6.07) is 10.3. The van der Waals surface area contributed by atoms with Gasteiger partial charge in [-0.05, 0) is 48.4 Å². The quantitative estimate of drug-likeness (QED) is 0.651. The van der Waals surface area contributed by atoms with Crippen LogP contribution in [0.25, 0.3) is 11.6 Å². The van der Waals surface area contributed by atoms with E-state index in [0.29, 0.717) is 28.5 Å². The van der Waals surface area contributed by atoms with Gasteiger partial charge in [0.2, 0.25) is 0 Å². The monoisotopic (exact) mass is 320 g/mol. The minimum atomic E-state index is -1.10. The lowest BCUT2D eigenvalue weighted by Gasteiger charge is -2.07. The van der Waals surface area contributed by atoms with Crippen molar-refractivity contribution in [3.63, 3.8) is 0 Å². The second kappa shape index (κ2) is 7.09. The first-order chi connectivity index (χ1) is 10.5. The SMILES string of the molecule is CCOc1ccc(/C=C(\C(=O)O)c2ccc(F)cc2)cc1Cl. The van der Waals surface area contributed by atoms with Crippen molar-refractivity contribution in [3.8, 4) is 5.75 Å². The molecule has 3 nitrogen and oxygen atoms in total. The fraction of sp³-hybridized carbons (Fsp3) is 0.118. The third kappa shape index (κ3) is 3.86. The van der Waals surface area contributed by atoms with Crippen molar-refractivity contribution in [1.29, 1.82) is 0 Å². The van der Waals surface area contributed by atoms with E-state index in [0.717, 1.165) is 0 Å². The van der Waals surface area contributed by atoms with Crippen LogP contribution >= 0.6 is 11.6 Å². The highest BCUT2D eigenvalue weighted by Gasteiger charge is 2.11. The summed E-state index contributed by atoms with van der Waals surface area (Å²) in [7, 11) is 0. The third-order valence-electron chi connectivity index (χ3n) is 2.95. The summed E-state index contributed by atoms with van der Waals surface area (Å²) in [6.07, 6.45) is 1.48. The van der Waals surface area contributed by atoms with E-state index in [1.165, 1.54) is 30.3 Å². The van der Waals surface area contributed by atoms with Gasteiger partial charge in [-0.1, -0.05) is 29.8 Å². The zero-order valence-electron chi connectivity index (χ0n) is 11.8. The molecule has 22 heavy (non-hydrogen) atoms. The molecule has 0 atom stereocenters. The number of aliphatic carboxylic acids is 1. The van der Waals surface area contributed by atoms with Gasteiger partial charge in [0, 0.05) is 0 Å². The smallest absolute Gasteiger partial charge is 0.336 e. The summed E-state index contributed by atoms with van der Waals surface area (Å²) in [6.45, 7) is 2.34. The lowest BCUT2D eigenvalue weighted by atomic mass is 10.0. The highest BCUT2D eigenvalue weighted by molar-refractivity contribution is 6.32. The van der Waals surface area contributed by atoms with Crippen LogP contribution in [-0.4, -0.2) is 17.7 Å². The minimum Gasteiger partial charge on any atom is -0.492 e. The summed E-state index contributed by atoms with van der Waals surface area (Å²) in [5, 5.41) is 9.75. The molecule has 0 aliphatic heterocycles. The molecular weight excluding hydrogens is 307 g/mol. The van der Waals surface area contributed by atoms with Crippen LogP contribution in [0, 0.1) is 5.82 Å². The van der Waals surface area contributed by atoms with Gasteiger partial charge in [-0.2, -0.15) is 0 Å². The molecule has 0 bridgehead atoms. The molecule has 0 saturated heterocycles. The molecule has 0 fully saturated rings. The van der Waals surface area contributed by atoms with Crippen molar-refractivity contribution in [2.45, 2.75) is 6.92 Å². The van der Waals surface area contributed by atoms with Gasteiger partial charge in [0.25, 0.3) is 0 Å². The number of ether oxygens (including phenoxy) is 1. The van der Waals surface area contributed by atoms with Crippen LogP contribution in [0.15, 0.2) is 42.5 Å². The molecule has 0 unspecified atom stereocenters. The summed E-state index contributed by atoms with van der Waals surface area (Å²) >= 11 is 6.09. The van der Waals surface area contributed by atoms with Crippen molar-refractivity contribution in [2.75, 3.05) is 6.61 Å². The van der Waals surface area contributed by atoms with Gasteiger partial charge in [-0.3, -0.25) is 0 Å². The minimum absolute atomic E-state index is 0.0558. The molecule has 0 aliphatic rings. The number of halogens is 2. The Morgan fingerprint density at radius 1 is 1.27 bits per heavy atom. The van der Waals surface area contributed by atoms with Gasteiger partial charge in [-0.25, -0.2) is 9.18 Å². The van der Waals surface area contributed by atoms with E-state index in [1.54, 1.807) is 18.2 Å². The highest BCUT2D eigenvalue weighted by atomic mass is 35.5. The first-order valence-electron chi connectivity index (χ1n) is 6.64. The van der Waals surface area contributed by atoms with Crippen LogP contribution in [0.5, 0.6) is 5.75 Å². The molecular formula is C17H14ClFO3. The van der Waals surface area contributed by atoms with Crippen molar-refractivity contribution in [1.82, 2.24) is 0 Å². The van der Waals surface area contributed by atoms with Gasteiger partial charge < -0.3 is 9.84 Å². The normalized spacial score (nSPS) is 11.3. The summed E-state index contributed by atoms with van der Waals surface area (Å²) < 4.78 is 18.3. The number of carbonyl (C=O) groups is 1. The van der Waals surface area contributed by atoms with Crippen molar-refractivity contribution < 1.29 is 19.0 Å². The zero-order valence-corrected chi connectivity index (χ0v) is 12.6. The van der Waals surface area contributed by atoms with Crippen molar-refractivity contribution >= 4 is 29.2 Å². The van der Waals surface area contributed by atoms with E-state index < -0.39 is 11.8 Å². The number of hydrogen-bond acceptors (Lipinski definition) is 2. The average molecular weight is 321 g/mol. The largest absolute Gasteiger partial charge is 0.492 e. The highest BCUT2D eigenvalue weighted by Crippen LogP contribution is 2.27. The standard InChI is InChI=1S/C17H14ClFO3/c1-2-22-16-8-3-11(10-15(16)18)9-14(17(20)21)12-4-6-13(19)7-5-12/h3-10H,2H2,1H3,(H,20,21)/b14-9-. The van der Waals surface area contributed by atoms with E-state index in [-0.39, 0.29) is 5.57 Å². The maximum absolute atomic E-state index is 12.9. The van der Waals surface area contributed by atoms with Gasteiger partial charge >= 0.3 is 5.97 Å². The maximum atomic E-state index is 12.9. The first kappa shape index (κ1) is 16.0. The summed E-state index contributed by atoms with van der Waals surface area (Å²) in [5.41, 5.74) is 1.09. The molecule has 0 heterocycles. The van der Waals surface area contributed by atoms with Gasteiger partial charge in [-0.15, -0.1) is 0 Å². The third-order valence-corrected chi connectivity index (χ3v) is 3.25. The topological polar surface area (TPSA) is 46.5 Å². The maximum Gasteiger partial charge on any atom is 0.336 e. The van der Waals surface area contributed by atoms with E-state index in [1.807, 2.05) is 6.92 Å². The van der Waals surface area contributed by atoms with Crippen LogP contribution in [0.3, 0.4) is 0 Å². The van der Waals surface area contributed by atoms with E-state index in [2.05, 4.69) is 0 Å². The Hall–Kier alpha value is -2.33. The molecule has 2 aromatic carbocycles. The molecule has 2 aromatic rings. The molecule has 5 heteroatoms. The molecule has 0 radical (unpaired) electrons. The van der Waals surface area contributed by atoms with E-state index in [9.17, 15) is 14.3 Å². The number of carboxylic acids is 1. The van der Waals surface area contributed by atoms with Crippen LogP contribution in [-0.2, 0) is 4.79 Å². The fourth-order valence-corrected chi connectivity index (χ4v) is 2.19. The predicted molar refractivity (Wildman–Crippen MR) is 84.5 cm³/mol. The Kier molecular flexibility index (Phi) is 5.17. The van der Waals surface area contributed by atoms with E-state index in [4.69, 9.17) is 16.3 Å². The van der Waals surface area contributed by atoms with Gasteiger partial charge in [0.15, 0.2) is 0 Å². The molecule has 0 aliphatic carbocycles. The van der Waals surface area contributed by atoms with Crippen molar-refractivity contribution in [3.05, 3.63) is 64.4 Å². The number of rotatable bonds is 5. The lowest BCUT2D eigenvalue weighted by molar-refractivity contribution is -0.130. The Morgan fingerprint density at radius 3 is 2.50 bits per heavy atom. The van der Waals surface area contributed by atoms with Crippen LogP contribution < -0.4 is 4.74 Å². The second-order valence-corrected chi connectivity index (χ2v) is 4.90. The Labute approximate surface area is 132 Å². The average Bonchev–Trinajstić information content (AvgIpc) is 2.48. The first-order valence-corrected chi connectivity index (χ1v) is 7.02. The Morgan fingerprint density at radius 2 is 1.95 bits per heavy atom.